The van der Waals surface area contributed by atoms with Crippen LogP contribution in [-0.2, 0) is 9.53 Å². The van der Waals surface area contributed by atoms with Crippen LogP contribution < -0.4 is 0 Å². The molecule has 0 aromatic heterocycles. The Balaban J connectivity index is 2.31. The Bertz CT molecular complexity index is 373. The molecule has 0 saturated carbocycles. The summed E-state index contributed by atoms with van der Waals surface area (Å²) in [6.07, 6.45) is 0. The maximum absolute atomic E-state index is 12.6. The molecule has 0 atom stereocenters. The number of halogens is 1. The summed E-state index contributed by atoms with van der Waals surface area (Å²) in [7, 11) is 0. The lowest BCUT2D eigenvalue weighted by molar-refractivity contribution is -0.139. The first-order valence-corrected chi connectivity index (χ1v) is 5.75. The van der Waals surface area contributed by atoms with E-state index >= 15 is 0 Å². The highest BCUT2D eigenvalue weighted by Crippen LogP contribution is 2.18. The fraction of sp³-hybridized carbons (Fsp3) is 0.250. The second kappa shape index (κ2) is 6.33. The average Bonchev–Trinajstić information content (AvgIpc) is 2.25. The molecule has 16 heavy (non-hydrogen) atoms. The first-order valence-electron chi connectivity index (χ1n) is 4.76. The van der Waals surface area contributed by atoms with E-state index in [1.54, 1.807) is 19.1 Å². The number of hydrogen-bond acceptors (Lipinski definition) is 3. The molecule has 0 amide bonds. The molecular weight excluding hydrogens is 227 g/mol. The maximum atomic E-state index is 12.6. The summed E-state index contributed by atoms with van der Waals surface area (Å²) >= 11 is 1.32. The molecule has 1 aromatic carbocycles. The second-order valence-corrected chi connectivity index (χ2v) is 4.41. The molecule has 0 heterocycles. The van der Waals surface area contributed by atoms with E-state index in [1.807, 2.05) is 0 Å². The molecule has 0 bridgehead atoms. The lowest BCUT2D eigenvalue weighted by Gasteiger charge is -2.04. The van der Waals surface area contributed by atoms with Crippen LogP contribution in [0.4, 0.5) is 4.39 Å². The first-order chi connectivity index (χ1) is 7.58. The predicted molar refractivity (Wildman–Crippen MR) is 62.9 cm³/mol. The molecule has 0 fully saturated rings. The number of thioether (sulfide) groups is 1. The van der Waals surface area contributed by atoms with Crippen LogP contribution in [0, 0.1) is 5.82 Å². The van der Waals surface area contributed by atoms with Gasteiger partial charge in [0.2, 0.25) is 0 Å². The number of carbonyl (C=O) groups excluding carboxylic acids is 1. The number of hydrogen-bond donors (Lipinski definition) is 0. The van der Waals surface area contributed by atoms with Crippen molar-refractivity contribution in [2.45, 2.75) is 11.8 Å². The fourth-order valence-corrected chi connectivity index (χ4v) is 1.61. The Morgan fingerprint density at radius 3 is 2.62 bits per heavy atom. The van der Waals surface area contributed by atoms with Crippen molar-refractivity contribution in [2.75, 3.05) is 12.4 Å². The van der Waals surface area contributed by atoms with Gasteiger partial charge in [-0.25, -0.2) is 4.39 Å². The number of ether oxygens (including phenoxy) is 1. The SMILES string of the molecule is C=C(C)COC(=O)CSc1ccc(F)cc1. The molecule has 0 aliphatic carbocycles. The summed E-state index contributed by atoms with van der Waals surface area (Å²) in [6, 6.07) is 5.99. The van der Waals surface area contributed by atoms with E-state index in [2.05, 4.69) is 6.58 Å². The van der Waals surface area contributed by atoms with Crippen molar-refractivity contribution in [3.63, 3.8) is 0 Å². The van der Waals surface area contributed by atoms with Crippen LogP contribution >= 0.6 is 11.8 Å². The van der Waals surface area contributed by atoms with E-state index < -0.39 is 0 Å². The van der Waals surface area contributed by atoms with Crippen molar-refractivity contribution in [3.05, 3.63) is 42.2 Å². The van der Waals surface area contributed by atoms with Gasteiger partial charge in [0.1, 0.15) is 12.4 Å². The lowest BCUT2D eigenvalue weighted by Crippen LogP contribution is -2.08. The molecule has 0 aliphatic rings. The van der Waals surface area contributed by atoms with E-state index in [9.17, 15) is 9.18 Å². The standard InChI is InChI=1S/C12H13FO2S/c1-9(2)7-15-12(14)8-16-11-5-3-10(13)4-6-11/h3-6H,1,7-8H2,2H3. The second-order valence-electron chi connectivity index (χ2n) is 3.36. The van der Waals surface area contributed by atoms with E-state index in [0.29, 0.717) is 0 Å². The van der Waals surface area contributed by atoms with Gasteiger partial charge in [-0.15, -0.1) is 11.8 Å². The van der Waals surface area contributed by atoms with Crippen LogP contribution in [0.25, 0.3) is 0 Å². The van der Waals surface area contributed by atoms with Crippen molar-refractivity contribution in [3.8, 4) is 0 Å². The monoisotopic (exact) mass is 240 g/mol. The van der Waals surface area contributed by atoms with E-state index in [4.69, 9.17) is 4.74 Å². The van der Waals surface area contributed by atoms with Crippen molar-refractivity contribution in [2.24, 2.45) is 0 Å². The molecular formula is C12H13FO2S. The van der Waals surface area contributed by atoms with Crippen LogP contribution in [0.3, 0.4) is 0 Å². The molecule has 86 valence electrons. The minimum Gasteiger partial charge on any atom is -0.461 e. The highest BCUT2D eigenvalue weighted by molar-refractivity contribution is 8.00. The summed E-state index contributed by atoms with van der Waals surface area (Å²) in [5.74, 6) is -0.356. The van der Waals surface area contributed by atoms with Crippen molar-refractivity contribution >= 4 is 17.7 Å². The molecule has 0 spiro atoms. The Kier molecular flexibility index (Phi) is 5.05. The summed E-state index contributed by atoms with van der Waals surface area (Å²) in [5, 5.41) is 0. The summed E-state index contributed by atoms with van der Waals surface area (Å²) in [5.41, 5.74) is 0.806. The molecule has 4 heteroatoms. The highest BCUT2D eigenvalue weighted by atomic mass is 32.2. The Morgan fingerprint density at radius 2 is 2.06 bits per heavy atom. The van der Waals surface area contributed by atoms with Gasteiger partial charge in [0.15, 0.2) is 0 Å². The predicted octanol–water partition coefficient (Wildman–Crippen LogP) is 3.04. The zero-order valence-corrected chi connectivity index (χ0v) is 9.85. The third kappa shape index (κ3) is 4.98. The topological polar surface area (TPSA) is 26.3 Å². The van der Waals surface area contributed by atoms with Gasteiger partial charge < -0.3 is 4.74 Å². The third-order valence-electron chi connectivity index (χ3n) is 1.65. The van der Waals surface area contributed by atoms with E-state index in [0.717, 1.165) is 10.5 Å². The van der Waals surface area contributed by atoms with Crippen molar-refractivity contribution in [1.29, 1.82) is 0 Å². The number of carbonyl (C=O) groups is 1. The maximum Gasteiger partial charge on any atom is 0.316 e. The van der Waals surface area contributed by atoms with Crippen LogP contribution in [0.5, 0.6) is 0 Å². The minimum atomic E-state index is -0.294. The summed E-state index contributed by atoms with van der Waals surface area (Å²) in [4.78, 5) is 12.1. The molecule has 0 N–H and O–H groups in total. The Labute approximate surface area is 98.5 Å². The zero-order valence-electron chi connectivity index (χ0n) is 9.03. The summed E-state index contributed by atoms with van der Waals surface area (Å²) < 4.78 is 17.5. The van der Waals surface area contributed by atoms with Crippen LogP contribution in [0.2, 0.25) is 0 Å². The lowest BCUT2D eigenvalue weighted by atomic mass is 10.4. The molecule has 0 unspecified atom stereocenters. The quantitative estimate of drug-likeness (QED) is 0.449. The number of benzene rings is 1. The number of esters is 1. The zero-order chi connectivity index (χ0) is 12.0. The van der Waals surface area contributed by atoms with Crippen molar-refractivity contribution < 1.29 is 13.9 Å². The smallest absolute Gasteiger partial charge is 0.316 e. The van der Waals surface area contributed by atoms with Gasteiger partial charge in [0.05, 0.1) is 5.75 Å². The summed E-state index contributed by atoms with van der Waals surface area (Å²) in [6.45, 7) is 5.67. The first kappa shape index (κ1) is 12.8. The van der Waals surface area contributed by atoms with E-state index in [-0.39, 0.29) is 24.1 Å². The van der Waals surface area contributed by atoms with E-state index in [1.165, 1.54) is 23.9 Å². The highest BCUT2D eigenvalue weighted by Gasteiger charge is 2.04. The Morgan fingerprint density at radius 1 is 1.44 bits per heavy atom. The fourth-order valence-electron chi connectivity index (χ4n) is 0.918. The van der Waals surface area contributed by atoms with Gasteiger partial charge in [0.25, 0.3) is 0 Å². The van der Waals surface area contributed by atoms with Crippen molar-refractivity contribution in [1.82, 2.24) is 0 Å². The van der Waals surface area contributed by atoms with Gasteiger partial charge in [-0.2, -0.15) is 0 Å². The van der Waals surface area contributed by atoms with Crippen LogP contribution in [-0.4, -0.2) is 18.3 Å². The molecule has 1 aromatic rings. The van der Waals surface area contributed by atoms with Crippen LogP contribution in [0.1, 0.15) is 6.92 Å². The molecule has 2 nitrogen and oxygen atoms in total. The molecule has 0 radical (unpaired) electrons. The van der Waals surface area contributed by atoms with Crippen LogP contribution in [0.15, 0.2) is 41.3 Å². The molecule has 1 rings (SSSR count). The van der Waals surface area contributed by atoms with Gasteiger partial charge >= 0.3 is 5.97 Å². The molecule has 0 saturated heterocycles. The Hall–Kier alpha value is -1.29. The van der Waals surface area contributed by atoms with Gasteiger partial charge in [0, 0.05) is 4.90 Å². The van der Waals surface area contributed by atoms with Gasteiger partial charge in [-0.3, -0.25) is 4.79 Å². The molecule has 0 aliphatic heterocycles. The number of rotatable bonds is 5. The minimum absolute atomic E-state index is 0.221. The van der Waals surface area contributed by atoms with Gasteiger partial charge in [-0.05, 0) is 36.8 Å². The third-order valence-corrected chi connectivity index (χ3v) is 2.64. The average molecular weight is 240 g/mol. The normalized spacial score (nSPS) is 9.88. The largest absolute Gasteiger partial charge is 0.461 e. The van der Waals surface area contributed by atoms with Gasteiger partial charge in [-0.1, -0.05) is 6.58 Å².